The number of hydrogen-bond donors (Lipinski definition) is 2. The SMILES string of the molecule is NCCCNS(=O)(=O)c1cccc(OC(F)(F)F)c1. The third-order valence-electron chi connectivity index (χ3n) is 2.02. The lowest BCUT2D eigenvalue weighted by molar-refractivity contribution is -0.274. The molecule has 0 radical (unpaired) electrons. The average molecular weight is 298 g/mol. The van der Waals surface area contributed by atoms with Crippen LogP contribution < -0.4 is 15.2 Å². The number of nitrogens with two attached hydrogens (primary N) is 1. The number of rotatable bonds is 6. The van der Waals surface area contributed by atoms with Crippen LogP contribution in [0.4, 0.5) is 13.2 Å². The molecule has 0 unspecified atom stereocenters. The maximum Gasteiger partial charge on any atom is 0.573 e. The van der Waals surface area contributed by atoms with Gasteiger partial charge in [0, 0.05) is 12.6 Å². The molecular formula is C10H13F3N2O3S. The normalized spacial score (nSPS) is 12.4. The van der Waals surface area contributed by atoms with Crippen LogP contribution in [0.3, 0.4) is 0 Å². The fourth-order valence-corrected chi connectivity index (χ4v) is 2.34. The van der Waals surface area contributed by atoms with Gasteiger partial charge in [0.25, 0.3) is 0 Å². The number of sulfonamides is 1. The quantitative estimate of drug-likeness (QED) is 0.774. The standard InChI is InChI=1S/C10H13F3N2O3S/c11-10(12,13)18-8-3-1-4-9(7-8)19(16,17)15-6-2-5-14/h1,3-4,7,15H,2,5-6,14H2. The second-order valence-corrected chi connectivity index (χ2v) is 5.33. The first-order valence-electron chi connectivity index (χ1n) is 5.30. The minimum absolute atomic E-state index is 0.114. The molecule has 0 saturated heterocycles. The van der Waals surface area contributed by atoms with Gasteiger partial charge in [-0.3, -0.25) is 0 Å². The summed E-state index contributed by atoms with van der Waals surface area (Å²) in [4.78, 5) is -0.300. The Morgan fingerprint density at radius 2 is 2.00 bits per heavy atom. The highest BCUT2D eigenvalue weighted by Crippen LogP contribution is 2.24. The van der Waals surface area contributed by atoms with Crippen molar-refractivity contribution in [1.82, 2.24) is 4.72 Å². The summed E-state index contributed by atoms with van der Waals surface area (Å²) in [6.07, 6.45) is -4.44. The van der Waals surface area contributed by atoms with E-state index in [0.29, 0.717) is 13.0 Å². The highest BCUT2D eigenvalue weighted by molar-refractivity contribution is 7.89. The molecule has 0 aliphatic rings. The van der Waals surface area contributed by atoms with Gasteiger partial charge in [-0.05, 0) is 25.1 Å². The first kappa shape index (κ1) is 15.7. The van der Waals surface area contributed by atoms with Crippen LogP contribution in [0.2, 0.25) is 0 Å². The van der Waals surface area contributed by atoms with Crippen molar-refractivity contribution in [3.8, 4) is 5.75 Å². The molecule has 1 rings (SSSR count). The second-order valence-electron chi connectivity index (χ2n) is 3.56. The zero-order valence-electron chi connectivity index (χ0n) is 9.77. The molecule has 1 aromatic carbocycles. The third-order valence-corrected chi connectivity index (χ3v) is 3.48. The summed E-state index contributed by atoms with van der Waals surface area (Å²) in [5.74, 6) is -0.589. The molecule has 3 N–H and O–H groups in total. The molecule has 0 fully saturated rings. The van der Waals surface area contributed by atoms with Crippen LogP contribution in [-0.4, -0.2) is 27.9 Å². The van der Waals surface area contributed by atoms with Crippen molar-refractivity contribution < 1.29 is 26.3 Å². The lowest BCUT2D eigenvalue weighted by atomic mass is 10.3. The zero-order valence-corrected chi connectivity index (χ0v) is 10.6. The molecule has 0 saturated carbocycles. The van der Waals surface area contributed by atoms with Gasteiger partial charge >= 0.3 is 6.36 Å². The Balaban J connectivity index is 2.86. The Kier molecular flexibility index (Phi) is 5.15. The minimum Gasteiger partial charge on any atom is -0.406 e. The second kappa shape index (κ2) is 6.22. The summed E-state index contributed by atoms with van der Waals surface area (Å²) in [5.41, 5.74) is 5.21. The lowest BCUT2D eigenvalue weighted by Crippen LogP contribution is -2.26. The average Bonchev–Trinajstić information content (AvgIpc) is 2.27. The number of nitrogens with one attached hydrogen (secondary N) is 1. The molecule has 0 heterocycles. The number of hydrogen-bond acceptors (Lipinski definition) is 4. The van der Waals surface area contributed by atoms with Gasteiger partial charge in [0.05, 0.1) is 4.90 Å². The predicted molar refractivity (Wildman–Crippen MR) is 62.0 cm³/mol. The van der Waals surface area contributed by atoms with E-state index >= 15 is 0 Å². The number of benzene rings is 1. The molecule has 9 heteroatoms. The lowest BCUT2D eigenvalue weighted by Gasteiger charge is -2.10. The summed E-state index contributed by atoms with van der Waals surface area (Å²) in [5, 5.41) is 0. The van der Waals surface area contributed by atoms with Gasteiger partial charge < -0.3 is 10.5 Å². The van der Waals surface area contributed by atoms with Gasteiger partial charge in [0.15, 0.2) is 0 Å². The van der Waals surface area contributed by atoms with Crippen molar-refractivity contribution in [2.45, 2.75) is 17.7 Å². The first-order valence-corrected chi connectivity index (χ1v) is 6.78. The third kappa shape index (κ3) is 5.45. The Bertz CT molecular complexity index is 517. The predicted octanol–water partition coefficient (Wildman–Crippen LogP) is 1.21. The Morgan fingerprint density at radius 1 is 1.32 bits per heavy atom. The molecule has 0 bridgehead atoms. The number of ether oxygens (including phenoxy) is 1. The van der Waals surface area contributed by atoms with E-state index in [1.165, 1.54) is 12.1 Å². The molecule has 0 aliphatic carbocycles. The van der Waals surface area contributed by atoms with E-state index in [4.69, 9.17) is 5.73 Å². The molecular weight excluding hydrogens is 285 g/mol. The summed E-state index contributed by atoms with van der Waals surface area (Å²) >= 11 is 0. The molecule has 0 spiro atoms. The maximum absolute atomic E-state index is 12.0. The summed E-state index contributed by atoms with van der Waals surface area (Å²) < 4.78 is 65.4. The van der Waals surface area contributed by atoms with Crippen LogP contribution in [0, 0.1) is 0 Å². The van der Waals surface area contributed by atoms with E-state index in [-0.39, 0.29) is 11.4 Å². The molecule has 19 heavy (non-hydrogen) atoms. The van der Waals surface area contributed by atoms with E-state index < -0.39 is 22.1 Å². The largest absolute Gasteiger partial charge is 0.573 e. The molecule has 108 valence electrons. The minimum atomic E-state index is -4.87. The number of halogens is 3. The van der Waals surface area contributed by atoms with Crippen LogP contribution in [0.1, 0.15) is 6.42 Å². The Morgan fingerprint density at radius 3 is 2.58 bits per heavy atom. The molecule has 5 nitrogen and oxygen atoms in total. The van der Waals surface area contributed by atoms with E-state index in [9.17, 15) is 21.6 Å². The van der Waals surface area contributed by atoms with Gasteiger partial charge in [-0.25, -0.2) is 13.1 Å². The van der Waals surface area contributed by atoms with Crippen LogP contribution in [0.15, 0.2) is 29.2 Å². The van der Waals surface area contributed by atoms with Crippen LogP contribution in [-0.2, 0) is 10.0 Å². The monoisotopic (exact) mass is 298 g/mol. The first-order chi connectivity index (χ1) is 8.74. The van der Waals surface area contributed by atoms with Crippen molar-refractivity contribution in [2.75, 3.05) is 13.1 Å². The van der Waals surface area contributed by atoms with E-state index in [0.717, 1.165) is 12.1 Å². The van der Waals surface area contributed by atoms with Gasteiger partial charge in [-0.15, -0.1) is 13.2 Å². The topological polar surface area (TPSA) is 81.4 Å². The van der Waals surface area contributed by atoms with E-state index in [2.05, 4.69) is 9.46 Å². The molecule has 0 aromatic heterocycles. The van der Waals surface area contributed by atoms with Gasteiger partial charge in [-0.1, -0.05) is 6.07 Å². The number of alkyl halides is 3. The highest BCUT2D eigenvalue weighted by atomic mass is 32.2. The summed E-state index contributed by atoms with van der Waals surface area (Å²) in [6, 6.07) is 4.16. The van der Waals surface area contributed by atoms with Crippen molar-refractivity contribution in [2.24, 2.45) is 5.73 Å². The van der Waals surface area contributed by atoms with E-state index in [1.807, 2.05) is 0 Å². The van der Waals surface area contributed by atoms with Crippen LogP contribution >= 0.6 is 0 Å². The smallest absolute Gasteiger partial charge is 0.406 e. The van der Waals surface area contributed by atoms with Gasteiger partial charge in [0.1, 0.15) is 5.75 Å². The van der Waals surface area contributed by atoms with Crippen molar-refractivity contribution in [3.63, 3.8) is 0 Å². The summed E-state index contributed by atoms with van der Waals surface area (Å²) in [6.45, 7) is 0.420. The molecule has 0 aliphatic heterocycles. The summed E-state index contributed by atoms with van der Waals surface area (Å²) in [7, 11) is -3.86. The fraction of sp³-hybridized carbons (Fsp3) is 0.400. The fourth-order valence-electron chi connectivity index (χ4n) is 1.23. The molecule has 0 atom stereocenters. The highest BCUT2D eigenvalue weighted by Gasteiger charge is 2.31. The Labute approximate surface area is 108 Å². The van der Waals surface area contributed by atoms with Crippen LogP contribution in [0.5, 0.6) is 5.75 Å². The van der Waals surface area contributed by atoms with Crippen molar-refractivity contribution in [1.29, 1.82) is 0 Å². The van der Waals surface area contributed by atoms with Gasteiger partial charge in [-0.2, -0.15) is 0 Å². The van der Waals surface area contributed by atoms with Gasteiger partial charge in [0.2, 0.25) is 10.0 Å². The van der Waals surface area contributed by atoms with Crippen molar-refractivity contribution >= 4 is 10.0 Å². The molecule has 0 amide bonds. The van der Waals surface area contributed by atoms with Crippen LogP contribution in [0.25, 0.3) is 0 Å². The van der Waals surface area contributed by atoms with E-state index in [1.54, 1.807) is 0 Å². The maximum atomic E-state index is 12.0. The Hall–Kier alpha value is -1.32. The van der Waals surface area contributed by atoms with Crippen molar-refractivity contribution in [3.05, 3.63) is 24.3 Å². The molecule has 1 aromatic rings. The zero-order chi connectivity index (χ0) is 14.5.